The summed E-state index contributed by atoms with van der Waals surface area (Å²) < 4.78 is 0. The Bertz CT molecular complexity index is 200. The second-order valence-corrected chi connectivity index (χ2v) is 4.47. The maximum absolute atomic E-state index is 10.6. The Morgan fingerprint density at radius 3 is 1.39 bits per heavy atom. The zero-order valence-corrected chi connectivity index (χ0v) is 12.9. The fraction of sp³-hybridized carbons (Fsp3) is 0.800. The summed E-state index contributed by atoms with van der Waals surface area (Å²) in [6.45, 7) is 11.2. The lowest BCUT2D eigenvalue weighted by atomic mass is 10.1. The summed E-state index contributed by atoms with van der Waals surface area (Å²) in [6, 6.07) is 0. The topological polar surface area (TPSA) is 51.2 Å². The van der Waals surface area contributed by atoms with Gasteiger partial charge in [-0.1, -0.05) is 34.6 Å². The van der Waals surface area contributed by atoms with E-state index in [1.54, 1.807) is 6.92 Å². The maximum Gasteiger partial charge on any atom is 0.132 e. The average Bonchev–Trinajstić information content (AvgIpc) is 2.31. The normalized spacial score (nSPS) is 8.61. The van der Waals surface area contributed by atoms with Gasteiger partial charge in [0.15, 0.2) is 0 Å². The van der Waals surface area contributed by atoms with Gasteiger partial charge in [0.25, 0.3) is 0 Å². The van der Waals surface area contributed by atoms with Gasteiger partial charge in [-0.25, -0.2) is 0 Å². The Balaban J connectivity index is -0.000000197. The minimum Gasteiger partial charge on any atom is -0.303 e. The Hall–Kier alpha value is -0.990. The average molecular weight is 258 g/mol. The molecule has 0 aromatic rings. The van der Waals surface area contributed by atoms with Crippen LogP contribution in [0.25, 0.3) is 0 Å². The van der Waals surface area contributed by atoms with E-state index in [4.69, 9.17) is 0 Å². The van der Waals surface area contributed by atoms with Crippen LogP contribution < -0.4 is 0 Å². The molecule has 0 aromatic heterocycles. The Morgan fingerprint density at radius 2 is 1.28 bits per heavy atom. The van der Waals surface area contributed by atoms with Crippen LogP contribution in [0.2, 0.25) is 0 Å². The minimum atomic E-state index is 0.204. The third-order valence-electron chi connectivity index (χ3n) is 1.83. The highest BCUT2D eigenvalue weighted by molar-refractivity contribution is 5.78. The largest absolute Gasteiger partial charge is 0.303 e. The van der Waals surface area contributed by atoms with E-state index in [2.05, 4.69) is 0 Å². The van der Waals surface area contributed by atoms with Gasteiger partial charge in [0, 0.05) is 25.2 Å². The van der Waals surface area contributed by atoms with Crippen LogP contribution in [0.3, 0.4) is 0 Å². The van der Waals surface area contributed by atoms with Gasteiger partial charge in [0.05, 0.1) is 0 Å². The van der Waals surface area contributed by atoms with Crippen molar-refractivity contribution < 1.29 is 14.4 Å². The first-order valence-corrected chi connectivity index (χ1v) is 6.81. The molecule has 0 radical (unpaired) electrons. The highest BCUT2D eigenvalue weighted by atomic mass is 16.1. The monoisotopic (exact) mass is 258 g/mol. The van der Waals surface area contributed by atoms with Crippen molar-refractivity contribution in [2.75, 3.05) is 0 Å². The summed E-state index contributed by atoms with van der Waals surface area (Å²) in [5.41, 5.74) is 0. The van der Waals surface area contributed by atoms with Crippen LogP contribution in [0.5, 0.6) is 0 Å². The van der Waals surface area contributed by atoms with E-state index >= 15 is 0 Å². The van der Waals surface area contributed by atoms with Crippen molar-refractivity contribution in [2.45, 2.75) is 73.6 Å². The number of carbonyl (C=O) groups excluding carboxylic acids is 3. The number of aldehydes is 1. The summed E-state index contributed by atoms with van der Waals surface area (Å²) in [5, 5.41) is 0. The minimum absolute atomic E-state index is 0.204. The highest BCUT2D eigenvalue weighted by Gasteiger charge is 1.94. The van der Waals surface area contributed by atoms with E-state index in [1.807, 2.05) is 34.6 Å². The molecule has 0 saturated heterocycles. The molecule has 0 unspecified atom stereocenters. The fourth-order valence-corrected chi connectivity index (χ4v) is 0.683. The first-order chi connectivity index (χ1) is 8.35. The standard InChI is InChI=1S/C7H14O.2C4H8O/c1-3-5-7(8)6-4-2;1-4(2)3-5;1-3-4(2)5/h3-6H2,1-2H3;3-4H,1-2H3;3H2,1-2H3. The Kier molecular flexibility index (Phi) is 22.7. The van der Waals surface area contributed by atoms with E-state index in [1.165, 1.54) is 0 Å². The summed E-state index contributed by atoms with van der Waals surface area (Å²) in [4.78, 5) is 30.0. The highest BCUT2D eigenvalue weighted by Crippen LogP contribution is 1.95. The lowest BCUT2D eigenvalue weighted by molar-refractivity contribution is -0.119. The van der Waals surface area contributed by atoms with Crippen molar-refractivity contribution in [1.29, 1.82) is 0 Å². The van der Waals surface area contributed by atoms with Crippen molar-refractivity contribution in [3.8, 4) is 0 Å². The van der Waals surface area contributed by atoms with Gasteiger partial charge in [-0.2, -0.15) is 0 Å². The number of hydrogen-bond donors (Lipinski definition) is 0. The maximum atomic E-state index is 10.6. The van der Waals surface area contributed by atoms with Crippen molar-refractivity contribution in [3.05, 3.63) is 0 Å². The fourth-order valence-electron chi connectivity index (χ4n) is 0.683. The molecule has 0 N–H and O–H groups in total. The van der Waals surface area contributed by atoms with Crippen molar-refractivity contribution in [3.63, 3.8) is 0 Å². The van der Waals surface area contributed by atoms with Crippen molar-refractivity contribution in [1.82, 2.24) is 0 Å². The molecule has 3 heteroatoms. The first kappa shape index (κ1) is 22.2. The first-order valence-electron chi connectivity index (χ1n) is 6.81. The lowest BCUT2D eigenvalue weighted by Crippen LogP contribution is -1.93. The van der Waals surface area contributed by atoms with Gasteiger partial charge in [-0.15, -0.1) is 0 Å². The molecule has 0 amide bonds. The molecule has 0 heterocycles. The van der Waals surface area contributed by atoms with Gasteiger partial charge in [0.1, 0.15) is 17.9 Å². The molecule has 0 fully saturated rings. The van der Waals surface area contributed by atoms with Gasteiger partial charge in [-0.3, -0.25) is 4.79 Å². The number of carbonyl (C=O) groups is 3. The van der Waals surface area contributed by atoms with Crippen LogP contribution in [0.1, 0.15) is 73.6 Å². The molecule has 108 valence electrons. The number of hydrogen-bond acceptors (Lipinski definition) is 3. The molecule has 0 aliphatic heterocycles. The zero-order valence-electron chi connectivity index (χ0n) is 12.9. The van der Waals surface area contributed by atoms with Crippen molar-refractivity contribution >= 4 is 17.9 Å². The lowest BCUT2D eigenvalue weighted by Gasteiger charge is -1.91. The molecular formula is C15H30O3. The summed E-state index contributed by atoms with van der Waals surface area (Å²) in [5.74, 6) is 0.870. The molecule has 0 rings (SSSR count). The smallest absolute Gasteiger partial charge is 0.132 e. The molecular weight excluding hydrogens is 228 g/mol. The van der Waals surface area contributed by atoms with E-state index < -0.39 is 0 Å². The summed E-state index contributed by atoms with van der Waals surface area (Å²) in [7, 11) is 0. The third-order valence-corrected chi connectivity index (χ3v) is 1.83. The van der Waals surface area contributed by atoms with E-state index in [-0.39, 0.29) is 11.7 Å². The Morgan fingerprint density at radius 1 is 1.00 bits per heavy atom. The summed E-state index contributed by atoms with van der Waals surface area (Å²) in [6.07, 6.45) is 5.12. The van der Waals surface area contributed by atoms with Crippen LogP contribution in [-0.4, -0.2) is 17.9 Å². The molecule has 0 saturated carbocycles. The SMILES string of the molecule is CC(C)C=O.CCC(C)=O.CCCC(=O)CCC. The molecule has 0 atom stereocenters. The third kappa shape index (κ3) is 36.3. The molecule has 0 aliphatic rings. The molecule has 3 nitrogen and oxygen atoms in total. The van der Waals surface area contributed by atoms with E-state index in [0.29, 0.717) is 12.2 Å². The second kappa shape index (κ2) is 18.4. The van der Waals surface area contributed by atoms with Gasteiger partial charge < -0.3 is 9.59 Å². The van der Waals surface area contributed by atoms with Crippen molar-refractivity contribution in [2.24, 2.45) is 5.92 Å². The van der Waals surface area contributed by atoms with Crippen LogP contribution in [0.4, 0.5) is 0 Å². The summed E-state index contributed by atoms with van der Waals surface area (Å²) >= 11 is 0. The van der Waals surface area contributed by atoms with Gasteiger partial charge >= 0.3 is 0 Å². The molecule has 0 aliphatic carbocycles. The second-order valence-electron chi connectivity index (χ2n) is 4.47. The Labute approximate surface area is 112 Å². The quantitative estimate of drug-likeness (QED) is 0.677. The molecule has 0 aromatic carbocycles. The van der Waals surface area contributed by atoms with Crippen LogP contribution in [0.15, 0.2) is 0 Å². The zero-order chi connectivity index (χ0) is 15.0. The van der Waals surface area contributed by atoms with Gasteiger partial charge in [-0.05, 0) is 19.8 Å². The van der Waals surface area contributed by atoms with E-state index in [9.17, 15) is 14.4 Å². The number of Topliss-reactive ketones (excluding diaryl/α,β-unsaturated/α-hetero) is 2. The predicted molar refractivity (Wildman–Crippen MR) is 76.7 cm³/mol. The van der Waals surface area contributed by atoms with Gasteiger partial charge in [0.2, 0.25) is 0 Å². The van der Waals surface area contributed by atoms with Crippen LogP contribution in [-0.2, 0) is 14.4 Å². The van der Waals surface area contributed by atoms with Crippen LogP contribution >= 0.6 is 0 Å². The molecule has 18 heavy (non-hydrogen) atoms. The molecule has 0 spiro atoms. The molecule has 0 bridgehead atoms. The van der Waals surface area contributed by atoms with E-state index in [0.717, 1.165) is 32.0 Å². The number of rotatable bonds is 6. The van der Waals surface area contributed by atoms with Crippen LogP contribution in [0, 0.1) is 5.92 Å². The number of ketones is 2. The predicted octanol–water partition coefficient (Wildman–Crippen LogP) is 3.98.